The second-order valence-electron chi connectivity index (χ2n) is 4.94. The van der Waals surface area contributed by atoms with Crippen LogP contribution in [0.4, 0.5) is 0 Å². The van der Waals surface area contributed by atoms with Gasteiger partial charge >= 0.3 is 0 Å². The summed E-state index contributed by atoms with van der Waals surface area (Å²) in [4.78, 5) is 0. The Balaban J connectivity index is 2.24. The third kappa shape index (κ3) is 1.96. The van der Waals surface area contributed by atoms with Crippen LogP contribution in [0.2, 0.25) is 0 Å². The molecule has 1 aliphatic rings. The Morgan fingerprint density at radius 3 is 2.55 bits per heavy atom. The molecule has 0 fully saturated rings. The van der Waals surface area contributed by atoms with Gasteiger partial charge in [-0.2, -0.15) is 0 Å². The molecule has 0 bridgehead atoms. The van der Waals surface area contributed by atoms with Gasteiger partial charge in [0.05, 0.1) is 19.9 Å². The highest BCUT2D eigenvalue weighted by Gasteiger charge is 2.19. The molecule has 0 spiro atoms. The highest BCUT2D eigenvalue weighted by Crippen LogP contribution is 2.35. The first kappa shape index (κ1) is 13.1. The second kappa shape index (κ2) is 5.21. The molecule has 0 radical (unpaired) electrons. The van der Waals surface area contributed by atoms with Crippen LogP contribution in [0.1, 0.15) is 23.9 Å². The molecule has 1 aliphatic heterocycles. The SMILES string of the molecule is CCc1ccc2n1-c1cc(OC)c(OC)cc1CNC2. The van der Waals surface area contributed by atoms with Gasteiger partial charge < -0.3 is 19.4 Å². The molecule has 0 atom stereocenters. The van der Waals surface area contributed by atoms with E-state index in [0.29, 0.717) is 0 Å². The summed E-state index contributed by atoms with van der Waals surface area (Å²) < 4.78 is 13.2. The van der Waals surface area contributed by atoms with Crippen molar-refractivity contribution in [2.45, 2.75) is 26.4 Å². The number of hydrogen-bond donors (Lipinski definition) is 1. The molecule has 0 saturated carbocycles. The summed E-state index contributed by atoms with van der Waals surface area (Å²) in [7, 11) is 3.35. The van der Waals surface area contributed by atoms with Crippen molar-refractivity contribution in [3.8, 4) is 17.2 Å². The van der Waals surface area contributed by atoms with Crippen molar-refractivity contribution in [1.29, 1.82) is 0 Å². The van der Waals surface area contributed by atoms with Crippen LogP contribution in [0.15, 0.2) is 24.3 Å². The number of nitrogens with one attached hydrogen (secondary N) is 1. The summed E-state index contributed by atoms with van der Waals surface area (Å²) >= 11 is 0. The maximum absolute atomic E-state index is 5.45. The molecule has 0 aliphatic carbocycles. The quantitative estimate of drug-likeness (QED) is 0.933. The third-order valence-electron chi connectivity index (χ3n) is 3.85. The van der Waals surface area contributed by atoms with Crippen LogP contribution < -0.4 is 14.8 Å². The Kier molecular flexibility index (Phi) is 3.40. The van der Waals surface area contributed by atoms with Gasteiger partial charge in [-0.25, -0.2) is 0 Å². The summed E-state index contributed by atoms with van der Waals surface area (Å²) in [6, 6.07) is 8.53. The molecule has 4 nitrogen and oxygen atoms in total. The van der Waals surface area contributed by atoms with Crippen molar-refractivity contribution >= 4 is 0 Å². The van der Waals surface area contributed by atoms with Crippen molar-refractivity contribution in [1.82, 2.24) is 9.88 Å². The Morgan fingerprint density at radius 1 is 1.10 bits per heavy atom. The van der Waals surface area contributed by atoms with Crippen molar-refractivity contribution in [2.75, 3.05) is 14.2 Å². The molecule has 1 N–H and O–H groups in total. The lowest BCUT2D eigenvalue weighted by atomic mass is 10.1. The van der Waals surface area contributed by atoms with Crippen LogP contribution in [-0.4, -0.2) is 18.8 Å². The van der Waals surface area contributed by atoms with E-state index in [1.54, 1.807) is 14.2 Å². The smallest absolute Gasteiger partial charge is 0.162 e. The molecule has 0 unspecified atom stereocenters. The fourth-order valence-electron chi connectivity index (χ4n) is 2.83. The standard InChI is InChI=1S/C16H20N2O2/c1-4-12-5-6-13-10-17-9-11-7-15(19-2)16(20-3)8-14(11)18(12)13/h5-8,17H,4,9-10H2,1-3H3. The molecule has 4 heteroatoms. The maximum atomic E-state index is 5.45. The van der Waals surface area contributed by atoms with E-state index in [-0.39, 0.29) is 0 Å². The minimum Gasteiger partial charge on any atom is -0.493 e. The minimum absolute atomic E-state index is 0.773. The van der Waals surface area contributed by atoms with Gasteiger partial charge in [0.15, 0.2) is 11.5 Å². The molecule has 106 valence electrons. The molecule has 1 aromatic heterocycles. The summed E-state index contributed by atoms with van der Waals surface area (Å²) in [5, 5.41) is 3.47. The number of fused-ring (bicyclic) bond motifs is 3. The zero-order valence-electron chi connectivity index (χ0n) is 12.2. The fraction of sp³-hybridized carbons (Fsp3) is 0.375. The van der Waals surface area contributed by atoms with E-state index in [2.05, 4.69) is 41.1 Å². The van der Waals surface area contributed by atoms with Crippen LogP contribution in [0.25, 0.3) is 5.69 Å². The lowest BCUT2D eigenvalue weighted by Crippen LogP contribution is -2.10. The number of aromatic nitrogens is 1. The molecule has 0 amide bonds. The normalized spacial score (nSPS) is 13.3. The molecule has 2 heterocycles. The van der Waals surface area contributed by atoms with E-state index in [4.69, 9.17) is 9.47 Å². The fourth-order valence-corrected chi connectivity index (χ4v) is 2.83. The topological polar surface area (TPSA) is 35.4 Å². The molecule has 1 aromatic carbocycles. The largest absolute Gasteiger partial charge is 0.493 e. The molecule has 0 saturated heterocycles. The van der Waals surface area contributed by atoms with Gasteiger partial charge in [-0.3, -0.25) is 0 Å². The molecule has 2 aromatic rings. The van der Waals surface area contributed by atoms with Gasteiger partial charge in [-0.15, -0.1) is 0 Å². The Morgan fingerprint density at radius 2 is 1.85 bits per heavy atom. The lowest BCUT2D eigenvalue weighted by Gasteiger charge is -2.16. The van der Waals surface area contributed by atoms with E-state index in [1.165, 1.54) is 22.6 Å². The Hall–Kier alpha value is -1.94. The number of nitrogens with zero attached hydrogens (tertiary/aromatic N) is 1. The van der Waals surface area contributed by atoms with Crippen LogP contribution in [-0.2, 0) is 19.5 Å². The number of ether oxygens (including phenoxy) is 2. The van der Waals surface area contributed by atoms with Crippen molar-refractivity contribution in [3.05, 3.63) is 41.2 Å². The first-order chi connectivity index (χ1) is 9.78. The van der Waals surface area contributed by atoms with Gasteiger partial charge in [-0.1, -0.05) is 6.92 Å². The van der Waals surface area contributed by atoms with Gasteiger partial charge in [0.1, 0.15) is 0 Å². The first-order valence-corrected chi connectivity index (χ1v) is 6.94. The average Bonchev–Trinajstić information content (AvgIpc) is 2.81. The van der Waals surface area contributed by atoms with E-state index < -0.39 is 0 Å². The van der Waals surface area contributed by atoms with Crippen molar-refractivity contribution < 1.29 is 9.47 Å². The van der Waals surface area contributed by atoms with Crippen LogP contribution in [0, 0.1) is 0 Å². The maximum Gasteiger partial charge on any atom is 0.162 e. The van der Waals surface area contributed by atoms with E-state index >= 15 is 0 Å². The number of hydrogen-bond acceptors (Lipinski definition) is 3. The van der Waals surface area contributed by atoms with Gasteiger partial charge in [-0.05, 0) is 30.2 Å². The Bertz CT molecular complexity index is 632. The van der Waals surface area contributed by atoms with Crippen molar-refractivity contribution in [3.63, 3.8) is 0 Å². The zero-order chi connectivity index (χ0) is 14.1. The Labute approximate surface area is 119 Å². The van der Waals surface area contributed by atoms with Gasteiger partial charge in [0.25, 0.3) is 0 Å². The molecular formula is C16H20N2O2. The molecule has 3 rings (SSSR count). The van der Waals surface area contributed by atoms with E-state index in [9.17, 15) is 0 Å². The summed E-state index contributed by atoms with van der Waals surface area (Å²) in [6.07, 6.45) is 1.01. The number of benzene rings is 1. The first-order valence-electron chi connectivity index (χ1n) is 6.94. The second-order valence-corrected chi connectivity index (χ2v) is 4.94. The summed E-state index contributed by atoms with van der Waals surface area (Å²) in [5.41, 5.74) is 5.02. The van der Waals surface area contributed by atoms with Gasteiger partial charge in [0.2, 0.25) is 0 Å². The third-order valence-corrected chi connectivity index (χ3v) is 3.85. The van der Waals surface area contributed by atoms with E-state index in [0.717, 1.165) is 31.0 Å². The van der Waals surface area contributed by atoms with E-state index in [1.807, 2.05) is 0 Å². The van der Waals surface area contributed by atoms with Crippen LogP contribution >= 0.6 is 0 Å². The lowest BCUT2D eigenvalue weighted by molar-refractivity contribution is 0.354. The zero-order valence-corrected chi connectivity index (χ0v) is 12.2. The monoisotopic (exact) mass is 272 g/mol. The molecular weight excluding hydrogens is 252 g/mol. The van der Waals surface area contributed by atoms with Crippen LogP contribution in [0.5, 0.6) is 11.5 Å². The van der Waals surface area contributed by atoms with Gasteiger partial charge in [0, 0.05) is 30.5 Å². The predicted molar refractivity (Wildman–Crippen MR) is 78.8 cm³/mol. The highest BCUT2D eigenvalue weighted by molar-refractivity contribution is 5.56. The average molecular weight is 272 g/mol. The summed E-state index contributed by atoms with van der Waals surface area (Å²) in [5.74, 6) is 1.55. The minimum atomic E-state index is 0.773. The highest BCUT2D eigenvalue weighted by atomic mass is 16.5. The molecule has 20 heavy (non-hydrogen) atoms. The number of rotatable bonds is 3. The predicted octanol–water partition coefficient (Wildman–Crippen LogP) is 2.66. The number of methoxy groups -OCH3 is 2. The summed E-state index contributed by atoms with van der Waals surface area (Å²) in [6.45, 7) is 3.89. The van der Waals surface area contributed by atoms with Crippen LogP contribution in [0.3, 0.4) is 0 Å². The van der Waals surface area contributed by atoms with Crippen molar-refractivity contribution in [2.24, 2.45) is 0 Å². The number of aryl methyl sites for hydroxylation is 1.